The van der Waals surface area contributed by atoms with E-state index in [1.54, 1.807) is 55.6 Å². The van der Waals surface area contributed by atoms with E-state index in [0.29, 0.717) is 22.6 Å². The molecule has 0 aliphatic carbocycles. The van der Waals surface area contributed by atoms with Crippen molar-refractivity contribution < 1.29 is 28.9 Å². The van der Waals surface area contributed by atoms with E-state index in [0.717, 1.165) is 11.3 Å². The molecule has 1 fully saturated rings. The smallest absolute Gasteiger partial charge is 0.295 e. The number of hydrogen-bond acceptors (Lipinski definition) is 6. The predicted octanol–water partition coefficient (Wildman–Crippen LogP) is 5.11. The molecule has 1 N–H and O–H groups in total. The number of aliphatic hydroxyl groups is 1. The zero-order valence-electron chi connectivity index (χ0n) is 20.7. The molecule has 1 atom stereocenters. The Morgan fingerprint density at radius 1 is 0.889 bits per heavy atom. The highest BCUT2D eigenvalue weighted by Crippen LogP contribution is 2.41. The maximum atomic E-state index is 13.3. The maximum Gasteiger partial charge on any atom is 0.295 e. The number of rotatable bonds is 8. The van der Waals surface area contributed by atoms with Crippen LogP contribution in [0.3, 0.4) is 0 Å². The van der Waals surface area contributed by atoms with Gasteiger partial charge in [0.15, 0.2) is 0 Å². The van der Waals surface area contributed by atoms with Crippen molar-refractivity contribution in [2.45, 2.75) is 32.5 Å². The molecule has 1 amide bonds. The Morgan fingerprint density at radius 2 is 1.53 bits per heavy atom. The fourth-order valence-corrected chi connectivity index (χ4v) is 4.24. The predicted molar refractivity (Wildman–Crippen MR) is 136 cm³/mol. The first-order chi connectivity index (χ1) is 17.3. The Hall–Kier alpha value is -4.26. The Labute approximate surface area is 210 Å². The lowest BCUT2D eigenvalue weighted by molar-refractivity contribution is -0.140. The summed E-state index contributed by atoms with van der Waals surface area (Å²) in [4.78, 5) is 28.0. The van der Waals surface area contributed by atoms with Crippen LogP contribution in [-0.2, 0) is 16.1 Å². The van der Waals surface area contributed by atoms with Gasteiger partial charge in [0.1, 0.15) is 23.0 Å². The Bertz CT molecular complexity index is 1280. The van der Waals surface area contributed by atoms with E-state index in [1.165, 1.54) is 12.0 Å². The van der Waals surface area contributed by atoms with Crippen LogP contribution >= 0.6 is 0 Å². The van der Waals surface area contributed by atoms with E-state index < -0.39 is 17.7 Å². The molecule has 1 heterocycles. The summed E-state index contributed by atoms with van der Waals surface area (Å²) in [5.41, 5.74) is 1.92. The number of carbonyl (C=O) groups excluding carboxylic acids is 2. The van der Waals surface area contributed by atoms with Crippen molar-refractivity contribution in [2.75, 3.05) is 14.2 Å². The SMILES string of the molecule is COc1ccc(C2/C(=C(/O)c3cccc(OC)c3)C(=O)C(=O)N2Cc2ccc(OC(C)C)cc2)cc1. The van der Waals surface area contributed by atoms with Crippen LogP contribution in [0.1, 0.15) is 36.6 Å². The average Bonchev–Trinajstić information content (AvgIpc) is 3.14. The molecule has 1 aliphatic rings. The second-order valence-electron chi connectivity index (χ2n) is 8.74. The number of aliphatic hydroxyl groups excluding tert-OH is 1. The van der Waals surface area contributed by atoms with E-state index >= 15 is 0 Å². The van der Waals surface area contributed by atoms with E-state index in [1.807, 2.05) is 38.1 Å². The Morgan fingerprint density at radius 3 is 2.14 bits per heavy atom. The second kappa shape index (κ2) is 10.6. The number of Topliss-reactive ketones (excluding diaryl/α,β-unsaturated/α-hetero) is 1. The van der Waals surface area contributed by atoms with Gasteiger partial charge in [0.25, 0.3) is 11.7 Å². The maximum absolute atomic E-state index is 13.3. The van der Waals surface area contributed by atoms with Crippen LogP contribution in [0.4, 0.5) is 0 Å². The van der Waals surface area contributed by atoms with Gasteiger partial charge in [-0.3, -0.25) is 9.59 Å². The third-order valence-corrected chi connectivity index (χ3v) is 5.96. The summed E-state index contributed by atoms with van der Waals surface area (Å²) in [6.45, 7) is 4.08. The zero-order valence-corrected chi connectivity index (χ0v) is 20.7. The topological polar surface area (TPSA) is 85.3 Å². The number of methoxy groups -OCH3 is 2. The lowest BCUT2D eigenvalue weighted by Crippen LogP contribution is -2.29. The van der Waals surface area contributed by atoms with Crippen LogP contribution in [0.5, 0.6) is 17.2 Å². The van der Waals surface area contributed by atoms with Crippen molar-refractivity contribution in [3.05, 3.63) is 95.1 Å². The number of likely N-dealkylation sites (tertiary alicyclic amines) is 1. The number of carbonyl (C=O) groups is 2. The Balaban J connectivity index is 1.78. The summed E-state index contributed by atoms with van der Waals surface area (Å²) in [5.74, 6) is 0.220. The number of benzene rings is 3. The molecule has 7 nitrogen and oxygen atoms in total. The molecule has 36 heavy (non-hydrogen) atoms. The monoisotopic (exact) mass is 487 g/mol. The minimum absolute atomic E-state index is 0.0261. The highest BCUT2D eigenvalue weighted by molar-refractivity contribution is 6.46. The molecule has 3 aromatic rings. The van der Waals surface area contributed by atoms with Crippen molar-refractivity contribution in [1.29, 1.82) is 0 Å². The van der Waals surface area contributed by atoms with Gasteiger partial charge in [-0.15, -0.1) is 0 Å². The van der Waals surface area contributed by atoms with Crippen LogP contribution in [0.25, 0.3) is 5.76 Å². The second-order valence-corrected chi connectivity index (χ2v) is 8.74. The fourth-order valence-electron chi connectivity index (χ4n) is 4.24. The van der Waals surface area contributed by atoms with Crippen LogP contribution in [-0.4, -0.2) is 42.0 Å². The molecule has 1 saturated heterocycles. The average molecular weight is 488 g/mol. The highest BCUT2D eigenvalue weighted by atomic mass is 16.5. The van der Waals surface area contributed by atoms with Crippen LogP contribution in [0.15, 0.2) is 78.4 Å². The number of amides is 1. The van der Waals surface area contributed by atoms with Crippen LogP contribution in [0.2, 0.25) is 0 Å². The largest absolute Gasteiger partial charge is 0.507 e. The summed E-state index contributed by atoms with van der Waals surface area (Å²) in [6, 6.07) is 20.5. The molecule has 1 unspecified atom stereocenters. The van der Waals surface area contributed by atoms with Crippen LogP contribution in [0, 0.1) is 0 Å². The molecule has 0 spiro atoms. The summed E-state index contributed by atoms with van der Waals surface area (Å²) in [5, 5.41) is 11.2. The number of hydrogen-bond donors (Lipinski definition) is 1. The number of nitrogens with zero attached hydrogens (tertiary/aromatic N) is 1. The van der Waals surface area contributed by atoms with Gasteiger partial charge in [0.2, 0.25) is 0 Å². The van der Waals surface area contributed by atoms with Crippen molar-refractivity contribution in [1.82, 2.24) is 4.90 Å². The molecule has 0 aromatic heterocycles. The van der Waals surface area contributed by atoms with E-state index in [-0.39, 0.29) is 24.0 Å². The molecular weight excluding hydrogens is 458 g/mol. The minimum atomic E-state index is -0.784. The quantitative estimate of drug-likeness (QED) is 0.270. The van der Waals surface area contributed by atoms with Crippen LogP contribution < -0.4 is 14.2 Å². The molecule has 4 rings (SSSR count). The molecule has 0 saturated carbocycles. The van der Waals surface area contributed by atoms with Gasteiger partial charge in [-0.2, -0.15) is 0 Å². The van der Waals surface area contributed by atoms with Gasteiger partial charge in [0, 0.05) is 12.1 Å². The first-order valence-corrected chi connectivity index (χ1v) is 11.6. The van der Waals surface area contributed by atoms with E-state index in [2.05, 4.69) is 0 Å². The molecule has 3 aromatic carbocycles. The molecule has 0 bridgehead atoms. The third-order valence-electron chi connectivity index (χ3n) is 5.96. The first-order valence-electron chi connectivity index (χ1n) is 11.6. The zero-order chi connectivity index (χ0) is 25.8. The molecule has 0 radical (unpaired) electrons. The summed E-state index contributed by atoms with van der Waals surface area (Å²) in [6.07, 6.45) is 0.0420. The number of ether oxygens (including phenoxy) is 3. The van der Waals surface area contributed by atoms with E-state index in [4.69, 9.17) is 14.2 Å². The summed E-state index contributed by atoms with van der Waals surface area (Å²) in [7, 11) is 3.09. The van der Waals surface area contributed by atoms with Gasteiger partial charge in [-0.05, 0) is 61.4 Å². The van der Waals surface area contributed by atoms with Crippen molar-refractivity contribution in [2.24, 2.45) is 0 Å². The van der Waals surface area contributed by atoms with Gasteiger partial charge in [-0.25, -0.2) is 0 Å². The lowest BCUT2D eigenvalue weighted by Gasteiger charge is -2.25. The van der Waals surface area contributed by atoms with Gasteiger partial charge in [-0.1, -0.05) is 36.4 Å². The standard InChI is InChI=1S/C29H29NO6/c1-18(2)36-23-12-8-19(9-13-23)17-30-26(20-10-14-22(34-3)15-11-20)25(28(32)29(30)33)27(31)21-6-5-7-24(16-21)35-4/h5-16,18,26,31H,17H2,1-4H3/b27-25-. The minimum Gasteiger partial charge on any atom is -0.507 e. The van der Waals surface area contributed by atoms with Crippen molar-refractivity contribution >= 4 is 17.4 Å². The highest BCUT2D eigenvalue weighted by Gasteiger charge is 2.46. The number of ketones is 1. The normalized spacial score (nSPS) is 16.9. The molecule has 186 valence electrons. The van der Waals surface area contributed by atoms with Crippen molar-refractivity contribution in [3.63, 3.8) is 0 Å². The third kappa shape index (κ3) is 5.05. The van der Waals surface area contributed by atoms with Crippen molar-refractivity contribution in [3.8, 4) is 17.2 Å². The summed E-state index contributed by atoms with van der Waals surface area (Å²) >= 11 is 0. The molecule has 1 aliphatic heterocycles. The first kappa shape index (κ1) is 24.9. The van der Waals surface area contributed by atoms with Gasteiger partial charge >= 0.3 is 0 Å². The molecule has 7 heteroatoms. The summed E-state index contributed by atoms with van der Waals surface area (Å²) < 4.78 is 16.2. The molecular formula is C29H29NO6. The lowest BCUT2D eigenvalue weighted by atomic mass is 9.95. The van der Waals surface area contributed by atoms with Gasteiger partial charge in [0.05, 0.1) is 31.9 Å². The Kier molecular flexibility index (Phi) is 7.29. The van der Waals surface area contributed by atoms with E-state index in [9.17, 15) is 14.7 Å². The van der Waals surface area contributed by atoms with Gasteiger partial charge < -0.3 is 24.2 Å². The fraction of sp³-hybridized carbons (Fsp3) is 0.241.